The molecule has 3 amide bonds. The average molecular weight is 324 g/mol. The molecule has 1 aliphatic rings. The molecular formula is C19H20N2O3. The van der Waals surface area contributed by atoms with Crippen LogP contribution < -0.4 is 9.64 Å². The lowest BCUT2D eigenvalue weighted by Gasteiger charge is -2.19. The standard InChI is InChI=1S/C19H20N2O3/c1-14-8-10-16(11-9-14)21-15(2)18(22)20(19(21)23)12-13-24-17-6-4-3-5-7-17/h3-11,15H,12-13H2,1-2H3/t15-/m1/s1. The van der Waals surface area contributed by atoms with Crippen molar-refractivity contribution in [3.05, 3.63) is 60.2 Å². The zero-order valence-corrected chi connectivity index (χ0v) is 13.8. The highest BCUT2D eigenvalue weighted by Gasteiger charge is 2.42. The van der Waals surface area contributed by atoms with E-state index in [1.54, 1.807) is 6.92 Å². The van der Waals surface area contributed by atoms with Gasteiger partial charge in [-0.2, -0.15) is 0 Å². The molecule has 1 aliphatic heterocycles. The van der Waals surface area contributed by atoms with E-state index < -0.39 is 6.04 Å². The Morgan fingerprint density at radius 1 is 1.00 bits per heavy atom. The molecule has 0 aliphatic carbocycles. The van der Waals surface area contributed by atoms with Crippen LogP contribution in [0.15, 0.2) is 54.6 Å². The summed E-state index contributed by atoms with van der Waals surface area (Å²) in [7, 11) is 0. The molecule has 1 atom stereocenters. The maximum absolute atomic E-state index is 12.6. The Balaban J connectivity index is 1.67. The summed E-state index contributed by atoms with van der Waals surface area (Å²) < 4.78 is 5.59. The van der Waals surface area contributed by atoms with Crippen molar-refractivity contribution in [1.82, 2.24) is 4.90 Å². The van der Waals surface area contributed by atoms with Crippen LogP contribution in [-0.2, 0) is 4.79 Å². The predicted octanol–water partition coefficient (Wildman–Crippen LogP) is 3.23. The third-order valence-corrected chi connectivity index (χ3v) is 4.09. The summed E-state index contributed by atoms with van der Waals surface area (Å²) in [5, 5.41) is 0. The van der Waals surface area contributed by atoms with E-state index in [-0.39, 0.29) is 25.1 Å². The number of urea groups is 1. The van der Waals surface area contributed by atoms with Gasteiger partial charge in [0.15, 0.2) is 0 Å². The first-order chi connectivity index (χ1) is 11.6. The molecular weight excluding hydrogens is 304 g/mol. The molecule has 5 heteroatoms. The van der Waals surface area contributed by atoms with Crippen LogP contribution in [0, 0.1) is 6.92 Å². The zero-order valence-electron chi connectivity index (χ0n) is 13.8. The quantitative estimate of drug-likeness (QED) is 0.794. The first-order valence-electron chi connectivity index (χ1n) is 7.97. The van der Waals surface area contributed by atoms with Crippen molar-refractivity contribution in [1.29, 1.82) is 0 Å². The highest BCUT2D eigenvalue weighted by atomic mass is 16.5. The number of benzene rings is 2. The molecule has 0 radical (unpaired) electrons. The monoisotopic (exact) mass is 324 g/mol. The topological polar surface area (TPSA) is 49.9 Å². The van der Waals surface area contributed by atoms with Crippen LogP contribution in [0.3, 0.4) is 0 Å². The van der Waals surface area contributed by atoms with E-state index in [2.05, 4.69) is 0 Å². The Hall–Kier alpha value is -2.82. The molecule has 124 valence electrons. The maximum atomic E-state index is 12.6. The SMILES string of the molecule is Cc1ccc(N2C(=O)N(CCOc3ccccc3)C(=O)[C@H]2C)cc1. The number of imide groups is 1. The molecule has 1 fully saturated rings. The van der Waals surface area contributed by atoms with Crippen molar-refractivity contribution >= 4 is 17.6 Å². The summed E-state index contributed by atoms with van der Waals surface area (Å²) >= 11 is 0. The van der Waals surface area contributed by atoms with Gasteiger partial charge in [-0.3, -0.25) is 14.6 Å². The van der Waals surface area contributed by atoms with Gasteiger partial charge in [0.05, 0.1) is 6.54 Å². The Bertz CT molecular complexity index is 728. The van der Waals surface area contributed by atoms with Gasteiger partial charge in [0.2, 0.25) is 0 Å². The molecule has 24 heavy (non-hydrogen) atoms. The van der Waals surface area contributed by atoms with Crippen LogP contribution in [0.25, 0.3) is 0 Å². The van der Waals surface area contributed by atoms with E-state index in [0.29, 0.717) is 0 Å². The molecule has 0 bridgehead atoms. The fourth-order valence-electron chi connectivity index (χ4n) is 2.74. The number of aryl methyl sites for hydroxylation is 1. The number of nitrogens with zero attached hydrogens (tertiary/aromatic N) is 2. The van der Waals surface area contributed by atoms with Gasteiger partial charge in [0.1, 0.15) is 18.4 Å². The summed E-state index contributed by atoms with van der Waals surface area (Å²) in [6, 6.07) is 16.1. The molecule has 5 nitrogen and oxygen atoms in total. The zero-order chi connectivity index (χ0) is 17.1. The second kappa shape index (κ2) is 6.74. The van der Waals surface area contributed by atoms with Gasteiger partial charge in [-0.05, 0) is 38.1 Å². The third kappa shape index (κ3) is 3.11. The number of hydrogen-bond donors (Lipinski definition) is 0. The summed E-state index contributed by atoms with van der Waals surface area (Å²) in [6.45, 7) is 4.24. The fraction of sp³-hybridized carbons (Fsp3) is 0.263. The lowest BCUT2D eigenvalue weighted by Crippen LogP contribution is -2.36. The second-order valence-corrected chi connectivity index (χ2v) is 5.82. The summed E-state index contributed by atoms with van der Waals surface area (Å²) in [5.74, 6) is 0.525. The molecule has 0 saturated carbocycles. The first-order valence-corrected chi connectivity index (χ1v) is 7.97. The molecule has 2 aromatic rings. The number of hydrogen-bond acceptors (Lipinski definition) is 3. The van der Waals surface area contributed by atoms with Gasteiger partial charge in [-0.1, -0.05) is 35.9 Å². The molecule has 1 saturated heterocycles. The van der Waals surface area contributed by atoms with Crippen LogP contribution in [0.2, 0.25) is 0 Å². The van der Waals surface area contributed by atoms with E-state index in [4.69, 9.17) is 4.74 Å². The van der Waals surface area contributed by atoms with Crippen molar-refractivity contribution in [3.63, 3.8) is 0 Å². The van der Waals surface area contributed by atoms with E-state index in [1.807, 2.05) is 61.5 Å². The van der Waals surface area contributed by atoms with Crippen LogP contribution in [-0.4, -0.2) is 36.0 Å². The van der Waals surface area contributed by atoms with Gasteiger partial charge >= 0.3 is 6.03 Å². The lowest BCUT2D eigenvalue weighted by molar-refractivity contribution is -0.127. The normalized spacial score (nSPS) is 17.5. The van der Waals surface area contributed by atoms with Crippen molar-refractivity contribution in [2.75, 3.05) is 18.1 Å². The summed E-state index contributed by atoms with van der Waals surface area (Å²) in [6.07, 6.45) is 0. The third-order valence-electron chi connectivity index (χ3n) is 4.09. The minimum absolute atomic E-state index is 0.197. The second-order valence-electron chi connectivity index (χ2n) is 5.82. The number of amides is 3. The van der Waals surface area contributed by atoms with E-state index in [0.717, 1.165) is 17.0 Å². The number of carbonyl (C=O) groups is 2. The number of ether oxygens (including phenoxy) is 1. The Morgan fingerprint density at radius 3 is 2.33 bits per heavy atom. The number of anilines is 1. The highest BCUT2D eigenvalue weighted by Crippen LogP contribution is 2.26. The molecule has 1 heterocycles. The molecule has 0 aromatic heterocycles. The Labute approximate surface area is 141 Å². The van der Waals surface area contributed by atoms with Gasteiger partial charge in [-0.25, -0.2) is 4.79 Å². The van der Waals surface area contributed by atoms with Gasteiger partial charge in [0, 0.05) is 5.69 Å². The van der Waals surface area contributed by atoms with Crippen LogP contribution in [0.5, 0.6) is 5.75 Å². The predicted molar refractivity (Wildman–Crippen MR) is 92.2 cm³/mol. The van der Waals surface area contributed by atoms with E-state index in [1.165, 1.54) is 9.80 Å². The number of para-hydroxylation sites is 1. The average Bonchev–Trinajstić information content (AvgIpc) is 2.80. The van der Waals surface area contributed by atoms with Crippen molar-refractivity contribution in [2.45, 2.75) is 19.9 Å². The molecule has 3 rings (SSSR count). The summed E-state index contributed by atoms with van der Waals surface area (Å²) in [4.78, 5) is 27.8. The number of carbonyl (C=O) groups excluding carboxylic acids is 2. The van der Waals surface area contributed by atoms with Crippen LogP contribution in [0.1, 0.15) is 12.5 Å². The van der Waals surface area contributed by atoms with Crippen molar-refractivity contribution in [3.8, 4) is 5.75 Å². The summed E-state index contributed by atoms with van der Waals surface area (Å²) in [5.41, 5.74) is 1.84. The molecule has 0 unspecified atom stereocenters. The van der Waals surface area contributed by atoms with Gasteiger partial charge in [0.25, 0.3) is 5.91 Å². The van der Waals surface area contributed by atoms with Crippen LogP contribution >= 0.6 is 0 Å². The van der Waals surface area contributed by atoms with Crippen molar-refractivity contribution in [2.24, 2.45) is 0 Å². The first kappa shape index (κ1) is 16.1. The highest BCUT2D eigenvalue weighted by molar-refractivity contribution is 6.14. The fourth-order valence-corrected chi connectivity index (χ4v) is 2.74. The molecule has 0 N–H and O–H groups in total. The lowest BCUT2D eigenvalue weighted by atomic mass is 10.2. The molecule has 2 aromatic carbocycles. The van der Waals surface area contributed by atoms with Crippen molar-refractivity contribution < 1.29 is 14.3 Å². The van der Waals surface area contributed by atoms with Gasteiger partial charge in [-0.15, -0.1) is 0 Å². The van der Waals surface area contributed by atoms with E-state index in [9.17, 15) is 9.59 Å². The maximum Gasteiger partial charge on any atom is 0.332 e. The molecule has 0 spiro atoms. The Kier molecular flexibility index (Phi) is 4.51. The minimum atomic E-state index is -0.503. The largest absolute Gasteiger partial charge is 0.492 e. The number of rotatable bonds is 5. The van der Waals surface area contributed by atoms with E-state index >= 15 is 0 Å². The van der Waals surface area contributed by atoms with Crippen LogP contribution in [0.4, 0.5) is 10.5 Å². The Morgan fingerprint density at radius 2 is 1.67 bits per heavy atom. The smallest absolute Gasteiger partial charge is 0.332 e. The van der Waals surface area contributed by atoms with Gasteiger partial charge < -0.3 is 4.74 Å². The minimum Gasteiger partial charge on any atom is -0.492 e.